The lowest BCUT2D eigenvalue weighted by Crippen LogP contribution is -2.47. The summed E-state index contributed by atoms with van der Waals surface area (Å²) in [5, 5.41) is 2.90. The molecule has 0 aliphatic carbocycles. The van der Waals surface area contributed by atoms with E-state index in [0.717, 1.165) is 43.2 Å². The number of ether oxygens (including phenoxy) is 1. The molecule has 2 N–H and O–H groups in total. The number of likely N-dealkylation sites (N-methyl/N-ethyl adjacent to an activating group) is 1. The van der Waals surface area contributed by atoms with Gasteiger partial charge in [-0.2, -0.15) is 0 Å². The number of carbonyl (C=O) groups is 1. The minimum atomic E-state index is -4.07. The Kier molecular flexibility index (Phi) is 15.4. The van der Waals surface area contributed by atoms with Crippen molar-refractivity contribution in [3.63, 3.8) is 0 Å². The van der Waals surface area contributed by atoms with Crippen LogP contribution in [0.4, 0.5) is 22.7 Å². The number of fused-ring (bicyclic) bond motifs is 1. The molecule has 53 heavy (non-hydrogen) atoms. The molecule has 4 rings (SSSR count). The third-order valence-corrected chi connectivity index (χ3v) is 11.4. The summed E-state index contributed by atoms with van der Waals surface area (Å²) in [5.74, 6) is -0.00580. The fraction of sp³-hybridized carbons (Fsp3) is 0.462. The van der Waals surface area contributed by atoms with E-state index < -0.39 is 26.0 Å². The Morgan fingerprint density at radius 3 is 2.25 bits per heavy atom. The van der Waals surface area contributed by atoms with Crippen LogP contribution < -0.4 is 19.7 Å². The van der Waals surface area contributed by atoms with Crippen LogP contribution in [0.1, 0.15) is 77.7 Å². The number of anilines is 2. The van der Waals surface area contributed by atoms with Gasteiger partial charge in [0, 0.05) is 37.6 Å². The van der Waals surface area contributed by atoms with Crippen molar-refractivity contribution in [2.75, 3.05) is 49.3 Å². The molecule has 1 amide bonds. The van der Waals surface area contributed by atoms with Gasteiger partial charge in [0.2, 0.25) is 10.0 Å². The van der Waals surface area contributed by atoms with Crippen molar-refractivity contribution in [2.45, 2.75) is 84.0 Å². The van der Waals surface area contributed by atoms with Crippen molar-refractivity contribution >= 4 is 60.3 Å². The van der Waals surface area contributed by atoms with E-state index in [1.54, 1.807) is 48.5 Å². The number of hydrogen-bond acceptors (Lipinski definition) is 9. The molecule has 288 valence electrons. The van der Waals surface area contributed by atoms with Gasteiger partial charge in [0.05, 0.1) is 24.2 Å². The molecule has 14 heteroatoms. The number of para-hydroxylation sites is 1. The molecule has 0 aromatic heterocycles. The fourth-order valence-corrected chi connectivity index (χ4v) is 8.12. The molecule has 0 saturated heterocycles. The highest BCUT2D eigenvalue weighted by atomic mass is 32.2. The molecule has 0 unspecified atom stereocenters. The molecule has 3 aromatic carbocycles. The number of unbranched alkanes of at least 4 members (excludes halogenated alkanes) is 7. The summed E-state index contributed by atoms with van der Waals surface area (Å²) in [6, 6.07) is 19.0. The minimum Gasteiger partial charge on any atom is -0.494 e. The van der Waals surface area contributed by atoms with Crippen LogP contribution in [0.3, 0.4) is 0 Å². The van der Waals surface area contributed by atoms with Crippen LogP contribution in [-0.2, 0) is 24.8 Å². The number of carbonyl (C=O) groups excluding carboxylic acids is 1. The summed E-state index contributed by atoms with van der Waals surface area (Å²) >= 11 is 0. The number of aliphatic imine (C=N–C) groups is 2. The van der Waals surface area contributed by atoms with Crippen LogP contribution in [0, 0.1) is 6.92 Å². The van der Waals surface area contributed by atoms with Gasteiger partial charge < -0.3 is 15.0 Å². The maximum atomic E-state index is 14.3. The predicted octanol–water partition coefficient (Wildman–Crippen LogP) is 7.36. The number of amidine groups is 1. The monoisotopic (exact) mass is 766 g/mol. The first kappa shape index (κ1) is 41.5. The number of nitrogens with one attached hydrogen (secondary N) is 2. The maximum absolute atomic E-state index is 14.3. The maximum Gasteiger partial charge on any atom is 0.278 e. The van der Waals surface area contributed by atoms with Gasteiger partial charge in [0.15, 0.2) is 11.5 Å². The zero-order chi connectivity index (χ0) is 38.4. The number of nitrogens with zero attached hydrogens (tertiary/aromatic N) is 4. The summed E-state index contributed by atoms with van der Waals surface area (Å²) in [5.41, 5.74) is 2.62. The second-order valence-electron chi connectivity index (χ2n) is 13.0. The molecule has 3 aromatic rings. The zero-order valence-electron chi connectivity index (χ0n) is 31.6. The lowest BCUT2D eigenvalue weighted by Gasteiger charge is -2.30. The Hall–Kier alpha value is -4.27. The third kappa shape index (κ3) is 11.9. The van der Waals surface area contributed by atoms with Gasteiger partial charge in [0.1, 0.15) is 10.6 Å². The Balaban J connectivity index is 1.73. The van der Waals surface area contributed by atoms with Crippen LogP contribution in [0.2, 0.25) is 0 Å². The van der Waals surface area contributed by atoms with Crippen LogP contribution in [0.25, 0.3) is 0 Å². The van der Waals surface area contributed by atoms with E-state index in [0.29, 0.717) is 43.2 Å². The van der Waals surface area contributed by atoms with E-state index in [1.807, 2.05) is 37.8 Å². The molecule has 0 radical (unpaired) electrons. The van der Waals surface area contributed by atoms with E-state index >= 15 is 0 Å². The fourth-order valence-electron chi connectivity index (χ4n) is 6.07. The van der Waals surface area contributed by atoms with E-state index in [-0.39, 0.29) is 35.2 Å². The molecule has 0 bridgehead atoms. The summed E-state index contributed by atoms with van der Waals surface area (Å²) in [6.45, 7) is 9.88. The van der Waals surface area contributed by atoms with E-state index in [4.69, 9.17) is 14.7 Å². The molecule has 1 aliphatic heterocycles. The van der Waals surface area contributed by atoms with Gasteiger partial charge >= 0.3 is 0 Å². The highest BCUT2D eigenvalue weighted by Crippen LogP contribution is 2.34. The van der Waals surface area contributed by atoms with Crippen molar-refractivity contribution in [1.82, 2.24) is 9.03 Å². The molecule has 0 atom stereocenters. The number of benzene rings is 3. The SMILES string of the molecule is CCCCCCCCCCN1C(/C(=N/c2ccc(N(CC)CCNS(C)(=O)=O)cc2C)C(=O)Nc2ccc(OCC)cc2)=Nc2ccccc2S1(=O)=O. The number of aryl methyl sites for hydroxylation is 1. The number of hydrogen-bond donors (Lipinski definition) is 2. The number of sulfonamides is 2. The van der Waals surface area contributed by atoms with Crippen LogP contribution in [0.15, 0.2) is 81.6 Å². The number of rotatable bonds is 21. The molecule has 0 spiro atoms. The summed E-state index contributed by atoms with van der Waals surface area (Å²) < 4.78 is 61.1. The first-order valence-electron chi connectivity index (χ1n) is 18.5. The van der Waals surface area contributed by atoms with Crippen LogP contribution in [0.5, 0.6) is 5.75 Å². The second-order valence-corrected chi connectivity index (χ2v) is 16.7. The van der Waals surface area contributed by atoms with Gasteiger partial charge in [-0.25, -0.2) is 35.8 Å². The van der Waals surface area contributed by atoms with Gasteiger partial charge in [-0.05, 0) is 87.4 Å². The summed E-state index contributed by atoms with van der Waals surface area (Å²) in [7, 11) is -7.40. The molecular formula is C39H54N6O6S2. The third-order valence-electron chi connectivity index (χ3n) is 8.87. The Bertz CT molecular complexity index is 1960. The van der Waals surface area contributed by atoms with Gasteiger partial charge in [-0.15, -0.1) is 0 Å². The molecule has 1 heterocycles. The van der Waals surface area contributed by atoms with Crippen molar-refractivity contribution in [2.24, 2.45) is 9.98 Å². The van der Waals surface area contributed by atoms with Crippen molar-refractivity contribution in [1.29, 1.82) is 0 Å². The molecular weight excluding hydrogens is 713 g/mol. The second kappa shape index (κ2) is 19.7. The minimum absolute atomic E-state index is 0.0411. The topological polar surface area (TPSA) is 150 Å². The average molecular weight is 767 g/mol. The molecule has 1 aliphatic rings. The lowest BCUT2D eigenvalue weighted by atomic mass is 10.1. The van der Waals surface area contributed by atoms with Crippen molar-refractivity contribution in [3.05, 3.63) is 72.3 Å². The standard InChI is InChI=1S/C39H54N6O6S2/c1-6-9-10-11-12-13-14-17-27-45-38(43-35-18-15-16-19-36(35)53(45,49)50)37(39(46)41-31-20-23-33(24-21-31)51-8-3)42-34-25-22-32(29-30(34)4)44(7-2)28-26-40-52(5,47)48/h15-16,18-25,29,40H,6-14,17,26-28H2,1-5H3,(H,41,46)/b42-37-. The highest BCUT2D eigenvalue weighted by molar-refractivity contribution is 7.90. The largest absolute Gasteiger partial charge is 0.494 e. The Labute approximate surface area is 315 Å². The first-order valence-corrected chi connectivity index (χ1v) is 21.8. The lowest BCUT2D eigenvalue weighted by molar-refractivity contribution is -0.110. The van der Waals surface area contributed by atoms with E-state index in [9.17, 15) is 21.6 Å². The predicted molar refractivity (Wildman–Crippen MR) is 215 cm³/mol. The van der Waals surface area contributed by atoms with Gasteiger partial charge in [-0.1, -0.05) is 64.0 Å². The first-order chi connectivity index (χ1) is 25.4. The normalized spacial score (nSPS) is 14.0. The zero-order valence-corrected chi connectivity index (χ0v) is 33.2. The molecule has 0 saturated carbocycles. The van der Waals surface area contributed by atoms with Gasteiger partial charge in [0.25, 0.3) is 15.9 Å². The average Bonchev–Trinajstić information content (AvgIpc) is 3.12. The summed E-state index contributed by atoms with van der Waals surface area (Å²) in [4.78, 5) is 26.1. The van der Waals surface area contributed by atoms with Gasteiger partial charge in [-0.3, -0.25) is 4.79 Å². The smallest absolute Gasteiger partial charge is 0.278 e. The Morgan fingerprint density at radius 1 is 0.925 bits per heavy atom. The van der Waals surface area contributed by atoms with Crippen LogP contribution in [-0.4, -0.2) is 77.6 Å². The van der Waals surface area contributed by atoms with Crippen molar-refractivity contribution < 1.29 is 26.4 Å². The van der Waals surface area contributed by atoms with E-state index in [1.165, 1.54) is 29.6 Å². The molecule has 12 nitrogen and oxygen atoms in total. The summed E-state index contributed by atoms with van der Waals surface area (Å²) in [6.07, 6.45) is 9.39. The van der Waals surface area contributed by atoms with Crippen molar-refractivity contribution in [3.8, 4) is 5.75 Å². The number of amides is 1. The van der Waals surface area contributed by atoms with E-state index in [2.05, 4.69) is 17.0 Å². The highest BCUT2D eigenvalue weighted by Gasteiger charge is 2.38. The Morgan fingerprint density at radius 2 is 1.60 bits per heavy atom. The van der Waals surface area contributed by atoms with Crippen LogP contribution >= 0.6 is 0 Å². The molecule has 0 fully saturated rings. The quantitative estimate of drug-likeness (QED) is 0.0850.